The van der Waals surface area contributed by atoms with Crippen molar-refractivity contribution in [1.82, 2.24) is 4.90 Å². The van der Waals surface area contributed by atoms with E-state index in [2.05, 4.69) is 22.4 Å². The maximum Gasteiger partial charge on any atom is 0.323 e. The molecule has 3 amide bonds. The van der Waals surface area contributed by atoms with Gasteiger partial charge in [-0.3, -0.25) is 4.79 Å². The molecule has 2 unspecified atom stereocenters. The number of amides is 3. The number of piperidine rings is 1. The third-order valence-corrected chi connectivity index (χ3v) is 9.19. The van der Waals surface area contributed by atoms with Crippen molar-refractivity contribution in [3.8, 4) is 0 Å². The van der Waals surface area contributed by atoms with Gasteiger partial charge in [-0.1, -0.05) is 24.3 Å². The molecular formula is C22H23N3O2S2. The summed E-state index contributed by atoms with van der Waals surface area (Å²) in [5, 5.41) is 5.86. The van der Waals surface area contributed by atoms with Gasteiger partial charge in [0.15, 0.2) is 0 Å². The van der Waals surface area contributed by atoms with Gasteiger partial charge < -0.3 is 15.5 Å². The first kappa shape index (κ1) is 18.9. The molecule has 2 atom stereocenters. The van der Waals surface area contributed by atoms with E-state index in [1.54, 1.807) is 0 Å². The molecule has 150 valence electrons. The van der Waals surface area contributed by atoms with Crippen molar-refractivity contribution >= 4 is 46.8 Å². The second-order valence-electron chi connectivity index (χ2n) is 7.76. The third kappa shape index (κ3) is 3.51. The van der Waals surface area contributed by atoms with Crippen LogP contribution in [0.15, 0.2) is 48.5 Å². The van der Waals surface area contributed by atoms with Crippen molar-refractivity contribution in [2.45, 2.75) is 23.6 Å². The summed E-state index contributed by atoms with van der Waals surface area (Å²) in [6, 6.07) is 14.8. The summed E-state index contributed by atoms with van der Waals surface area (Å²) in [7, 11) is 0. The van der Waals surface area contributed by atoms with Crippen molar-refractivity contribution in [1.29, 1.82) is 0 Å². The van der Waals surface area contributed by atoms with Crippen molar-refractivity contribution in [3.63, 3.8) is 0 Å². The number of hydrogen-bond acceptors (Lipinski definition) is 4. The minimum atomic E-state index is -0.288. The van der Waals surface area contributed by atoms with E-state index >= 15 is 0 Å². The van der Waals surface area contributed by atoms with Crippen molar-refractivity contribution < 1.29 is 9.59 Å². The zero-order valence-electron chi connectivity index (χ0n) is 16.0. The lowest BCUT2D eigenvalue weighted by Crippen LogP contribution is -2.46. The number of nitrogens with one attached hydrogen (secondary N) is 2. The number of carbonyl (C=O) groups is 2. The summed E-state index contributed by atoms with van der Waals surface area (Å²) in [6.45, 7) is 0.793. The van der Waals surface area contributed by atoms with Gasteiger partial charge in [-0.25, -0.2) is 4.79 Å². The molecule has 3 heterocycles. The largest absolute Gasteiger partial charge is 0.331 e. The van der Waals surface area contributed by atoms with Crippen molar-refractivity contribution in [2.24, 2.45) is 0 Å². The number of anilines is 2. The Bertz CT molecular complexity index is 944. The van der Waals surface area contributed by atoms with E-state index in [4.69, 9.17) is 0 Å². The Labute approximate surface area is 179 Å². The fourth-order valence-corrected chi connectivity index (χ4v) is 7.72. The summed E-state index contributed by atoms with van der Waals surface area (Å²) < 4.78 is 0.241. The van der Waals surface area contributed by atoms with E-state index < -0.39 is 0 Å². The lowest BCUT2D eigenvalue weighted by molar-refractivity contribution is 0.0648. The molecule has 7 heteroatoms. The fraction of sp³-hybridized carbons (Fsp3) is 0.364. The SMILES string of the molecule is O=C(Nc1ccccc1)Nc1cccc2c1C1CC3(CCN1C2=O)CSCCS3. The number of fused-ring (bicyclic) bond motifs is 3. The molecule has 2 fully saturated rings. The molecule has 1 spiro atoms. The standard InChI is InChI=1S/C22H23N3O2S2/c26-20-16-7-4-8-17(24-21(27)23-15-5-2-1-3-6-15)19(16)18-13-22(9-10-25(18)20)14-28-11-12-29-22/h1-8,18H,9-14H2,(H2,23,24,27). The molecule has 0 aromatic heterocycles. The van der Waals surface area contributed by atoms with Gasteiger partial charge in [0.1, 0.15) is 0 Å². The van der Waals surface area contributed by atoms with Crippen LogP contribution in [0.4, 0.5) is 16.2 Å². The highest BCUT2D eigenvalue weighted by atomic mass is 32.2. The second-order valence-corrected chi connectivity index (χ2v) is 10.4. The number of benzene rings is 2. The van der Waals surface area contributed by atoms with Crippen LogP contribution in [0.1, 0.15) is 34.8 Å². The molecule has 0 radical (unpaired) electrons. The monoisotopic (exact) mass is 425 g/mol. The van der Waals surface area contributed by atoms with Crippen LogP contribution >= 0.6 is 23.5 Å². The third-order valence-electron chi connectivity index (χ3n) is 5.96. The molecule has 3 aliphatic rings. The van der Waals surface area contributed by atoms with Gasteiger partial charge in [0.25, 0.3) is 5.91 Å². The van der Waals surface area contributed by atoms with Gasteiger partial charge in [-0.05, 0) is 37.1 Å². The molecule has 2 saturated heterocycles. The van der Waals surface area contributed by atoms with Crippen LogP contribution in [-0.4, -0.2) is 45.4 Å². The number of rotatable bonds is 2. The highest BCUT2D eigenvalue weighted by Gasteiger charge is 2.48. The normalized spacial score (nSPS) is 25.4. The first-order chi connectivity index (χ1) is 14.2. The van der Waals surface area contributed by atoms with Crippen LogP contribution in [0.5, 0.6) is 0 Å². The number of urea groups is 1. The fourth-order valence-electron chi connectivity index (χ4n) is 4.61. The Morgan fingerprint density at radius 3 is 2.72 bits per heavy atom. The number of thioether (sulfide) groups is 2. The Balaban J connectivity index is 1.42. The average Bonchev–Trinajstić information content (AvgIpc) is 3.01. The van der Waals surface area contributed by atoms with Crippen LogP contribution in [0.25, 0.3) is 0 Å². The lowest BCUT2D eigenvalue weighted by atomic mass is 9.88. The topological polar surface area (TPSA) is 61.4 Å². The minimum Gasteiger partial charge on any atom is -0.331 e. The zero-order valence-corrected chi connectivity index (χ0v) is 17.7. The summed E-state index contributed by atoms with van der Waals surface area (Å²) in [6.07, 6.45) is 2.01. The second kappa shape index (κ2) is 7.61. The summed E-state index contributed by atoms with van der Waals surface area (Å²) in [5.41, 5.74) is 3.19. The van der Waals surface area contributed by atoms with Crippen LogP contribution < -0.4 is 10.6 Å². The molecular weight excluding hydrogens is 402 g/mol. The molecule has 0 bridgehead atoms. The highest BCUT2D eigenvalue weighted by molar-refractivity contribution is 8.07. The maximum atomic E-state index is 13.0. The molecule has 0 saturated carbocycles. The predicted molar refractivity (Wildman–Crippen MR) is 121 cm³/mol. The molecule has 2 N–H and O–H groups in total. The molecule has 29 heavy (non-hydrogen) atoms. The Kier molecular flexibility index (Phi) is 4.95. The van der Waals surface area contributed by atoms with Crippen LogP contribution in [0, 0.1) is 0 Å². The van der Waals surface area contributed by atoms with Gasteiger partial charge in [0.2, 0.25) is 0 Å². The summed E-state index contributed by atoms with van der Waals surface area (Å²) in [5.74, 6) is 3.64. The smallest absolute Gasteiger partial charge is 0.323 e. The first-order valence-electron chi connectivity index (χ1n) is 9.94. The van der Waals surface area contributed by atoms with Gasteiger partial charge in [0, 0.05) is 51.1 Å². The predicted octanol–water partition coefficient (Wildman–Crippen LogP) is 4.84. The number of nitrogens with zero attached hydrogens (tertiary/aromatic N) is 1. The molecule has 0 aliphatic carbocycles. The van der Waals surface area contributed by atoms with Gasteiger partial charge in [0.05, 0.1) is 6.04 Å². The number of hydrogen-bond donors (Lipinski definition) is 2. The zero-order chi connectivity index (χ0) is 19.8. The van der Waals surface area contributed by atoms with Gasteiger partial charge >= 0.3 is 6.03 Å². The first-order valence-corrected chi connectivity index (χ1v) is 12.1. The van der Waals surface area contributed by atoms with Crippen LogP contribution in [-0.2, 0) is 0 Å². The highest BCUT2D eigenvalue weighted by Crippen LogP contribution is 2.52. The van der Waals surface area contributed by atoms with Crippen LogP contribution in [0.2, 0.25) is 0 Å². The molecule has 2 aromatic carbocycles. The molecule has 5 rings (SSSR count). The average molecular weight is 426 g/mol. The number of carbonyl (C=O) groups excluding carboxylic acids is 2. The van der Waals surface area contributed by atoms with E-state index in [0.29, 0.717) is 0 Å². The minimum absolute atomic E-state index is 0.0469. The van der Waals surface area contributed by atoms with E-state index in [1.165, 1.54) is 11.5 Å². The van der Waals surface area contributed by atoms with E-state index in [1.807, 2.05) is 65.2 Å². The quantitative estimate of drug-likeness (QED) is 0.723. The Hall–Kier alpha value is -2.12. The molecule has 3 aliphatic heterocycles. The van der Waals surface area contributed by atoms with Crippen molar-refractivity contribution in [3.05, 3.63) is 59.7 Å². The van der Waals surface area contributed by atoms with Gasteiger partial charge in [-0.2, -0.15) is 23.5 Å². The van der Waals surface area contributed by atoms with E-state index in [0.717, 1.165) is 47.6 Å². The summed E-state index contributed by atoms with van der Waals surface area (Å²) in [4.78, 5) is 27.6. The number of para-hydroxylation sites is 1. The lowest BCUT2D eigenvalue weighted by Gasteiger charge is -2.45. The molecule has 2 aromatic rings. The Morgan fingerprint density at radius 1 is 1.07 bits per heavy atom. The van der Waals surface area contributed by atoms with Crippen molar-refractivity contribution in [2.75, 3.05) is 34.4 Å². The van der Waals surface area contributed by atoms with E-state index in [-0.39, 0.29) is 22.7 Å². The maximum absolute atomic E-state index is 13.0. The Morgan fingerprint density at radius 2 is 1.93 bits per heavy atom. The van der Waals surface area contributed by atoms with E-state index in [9.17, 15) is 9.59 Å². The molecule has 5 nitrogen and oxygen atoms in total. The summed E-state index contributed by atoms with van der Waals surface area (Å²) >= 11 is 4.10. The van der Waals surface area contributed by atoms with Crippen LogP contribution in [0.3, 0.4) is 0 Å². The van der Waals surface area contributed by atoms with Gasteiger partial charge in [-0.15, -0.1) is 0 Å².